The summed E-state index contributed by atoms with van der Waals surface area (Å²) in [5, 5.41) is 0. The molecular formula is C14H10F17IN2. The molecule has 20 heteroatoms. The summed E-state index contributed by atoms with van der Waals surface area (Å²) in [4.78, 5) is 0. The topological polar surface area (TPSA) is 8.81 Å². The van der Waals surface area contributed by atoms with Crippen LogP contribution >= 0.6 is 0 Å². The van der Waals surface area contributed by atoms with Gasteiger partial charge in [0, 0.05) is 12.8 Å². The Morgan fingerprint density at radius 2 is 0.971 bits per heavy atom. The van der Waals surface area contributed by atoms with E-state index < -0.39 is 65.2 Å². The standard InChI is InChI=1S/C14H10F17N2.HI/c1-32-4-5-33(6-32)14(30,31)13(28,29)12(26,27)11(24,25)10(22,23)9(20,21)7(15,16)2-3-8(17,18)19;/h4-6H,2-3H2,1H3;1H/q+1;/p-1. The fraction of sp³-hybridized carbons (Fsp3) is 0.786. The van der Waals surface area contributed by atoms with Gasteiger partial charge in [0.2, 0.25) is 6.33 Å². The molecule has 1 aromatic heterocycles. The van der Waals surface area contributed by atoms with Crippen molar-refractivity contribution in [2.24, 2.45) is 7.05 Å². The first-order valence-corrected chi connectivity index (χ1v) is 7.96. The molecule has 0 atom stereocenters. The van der Waals surface area contributed by atoms with Crippen molar-refractivity contribution in [3.8, 4) is 0 Å². The van der Waals surface area contributed by atoms with Crippen LogP contribution in [0.15, 0.2) is 18.7 Å². The van der Waals surface area contributed by atoms with Crippen molar-refractivity contribution in [3.05, 3.63) is 18.7 Å². The molecule has 0 bridgehead atoms. The van der Waals surface area contributed by atoms with Crippen molar-refractivity contribution in [1.82, 2.24) is 4.57 Å². The summed E-state index contributed by atoms with van der Waals surface area (Å²) in [6, 6.07) is -6.52. The average Bonchev–Trinajstić information content (AvgIpc) is 3.05. The lowest BCUT2D eigenvalue weighted by Gasteiger charge is -2.41. The Bertz CT molecular complexity index is 842. The molecule has 0 saturated carbocycles. The zero-order chi connectivity index (χ0) is 26.7. The second-order valence-corrected chi connectivity index (χ2v) is 6.72. The van der Waals surface area contributed by atoms with Gasteiger partial charge in [-0.05, 0) is 0 Å². The van der Waals surface area contributed by atoms with Crippen LogP contribution in [0.2, 0.25) is 0 Å². The molecule has 1 aromatic rings. The summed E-state index contributed by atoms with van der Waals surface area (Å²) in [6.07, 6.45) is -11.9. The van der Waals surface area contributed by atoms with Gasteiger partial charge in [-0.3, -0.25) is 0 Å². The summed E-state index contributed by atoms with van der Waals surface area (Å²) in [5.74, 6) is -47.0. The van der Waals surface area contributed by atoms with E-state index in [9.17, 15) is 74.6 Å². The third kappa shape index (κ3) is 4.87. The first-order valence-electron chi connectivity index (χ1n) is 7.96. The van der Waals surface area contributed by atoms with E-state index in [2.05, 4.69) is 0 Å². The highest BCUT2D eigenvalue weighted by Gasteiger charge is 2.93. The lowest BCUT2D eigenvalue weighted by Crippen LogP contribution is -3.00. The van der Waals surface area contributed by atoms with Gasteiger partial charge in [-0.1, -0.05) is 0 Å². The number of aryl methyl sites for hydroxylation is 1. The minimum Gasteiger partial charge on any atom is -1.00 e. The first kappa shape index (κ1) is 32.8. The van der Waals surface area contributed by atoms with E-state index in [-0.39, 0.29) is 36.5 Å². The van der Waals surface area contributed by atoms with Gasteiger partial charge in [-0.2, -0.15) is 79.2 Å². The molecule has 0 aromatic carbocycles. The molecule has 1 heterocycles. The van der Waals surface area contributed by atoms with E-state index >= 15 is 0 Å². The van der Waals surface area contributed by atoms with Crippen LogP contribution in [0.5, 0.6) is 0 Å². The Morgan fingerprint density at radius 1 is 0.588 bits per heavy atom. The van der Waals surface area contributed by atoms with Gasteiger partial charge < -0.3 is 24.0 Å². The van der Waals surface area contributed by atoms with Gasteiger partial charge in [-0.15, -0.1) is 0 Å². The SMILES string of the molecule is C[n+]1ccn(C(F)(F)C(F)(F)C(F)(F)C(F)(F)C(F)(F)C(F)(F)C(F)(F)CCC(F)(F)F)c1.[I-]. The maximum atomic E-state index is 13.8. The predicted octanol–water partition coefficient (Wildman–Crippen LogP) is 3.02. The lowest BCUT2D eigenvalue weighted by atomic mass is 9.89. The highest BCUT2D eigenvalue weighted by Crippen LogP contribution is 2.63. The molecule has 0 radical (unpaired) electrons. The van der Waals surface area contributed by atoms with Crippen molar-refractivity contribution < 1.29 is 103 Å². The zero-order valence-electron chi connectivity index (χ0n) is 15.8. The molecule has 0 spiro atoms. The van der Waals surface area contributed by atoms with Crippen molar-refractivity contribution >= 4 is 0 Å². The number of hydrogen-bond acceptors (Lipinski definition) is 0. The zero-order valence-corrected chi connectivity index (χ0v) is 18.0. The second-order valence-electron chi connectivity index (χ2n) is 6.72. The van der Waals surface area contributed by atoms with Gasteiger partial charge in [0.15, 0.2) is 0 Å². The second kappa shape index (κ2) is 9.00. The third-order valence-electron chi connectivity index (χ3n) is 4.23. The minimum atomic E-state index is -8.34. The highest BCUT2D eigenvalue weighted by atomic mass is 127. The molecule has 0 fully saturated rings. The van der Waals surface area contributed by atoms with Gasteiger partial charge in [0.05, 0.1) is 7.05 Å². The number of alkyl halides is 17. The monoisotopic (exact) mass is 656 g/mol. The quantitative estimate of drug-likeness (QED) is 0.220. The van der Waals surface area contributed by atoms with Gasteiger partial charge >= 0.3 is 47.8 Å². The summed E-state index contributed by atoms with van der Waals surface area (Å²) in [7, 11) is 0.815. The Kier molecular flexibility index (Phi) is 8.67. The molecule has 0 unspecified atom stereocenters. The number of halogens is 18. The molecule has 0 aliphatic rings. The number of nitrogens with zero attached hydrogens (tertiary/aromatic N) is 2. The van der Waals surface area contributed by atoms with Gasteiger partial charge in [0.25, 0.3) is 0 Å². The van der Waals surface area contributed by atoms with Gasteiger partial charge in [0.1, 0.15) is 12.4 Å². The van der Waals surface area contributed by atoms with Crippen molar-refractivity contribution in [1.29, 1.82) is 0 Å². The van der Waals surface area contributed by atoms with Crippen LogP contribution in [0.4, 0.5) is 74.6 Å². The largest absolute Gasteiger partial charge is 1.00 e. The van der Waals surface area contributed by atoms with Crippen LogP contribution in [-0.2, 0) is 13.1 Å². The van der Waals surface area contributed by atoms with E-state index in [1.54, 1.807) is 0 Å². The van der Waals surface area contributed by atoms with Crippen LogP contribution in [0.25, 0.3) is 0 Å². The van der Waals surface area contributed by atoms with E-state index in [0.717, 1.165) is 7.05 Å². The van der Waals surface area contributed by atoms with Crippen LogP contribution < -0.4 is 28.5 Å². The fourth-order valence-electron chi connectivity index (χ4n) is 2.24. The third-order valence-corrected chi connectivity index (χ3v) is 4.23. The number of hydrogen-bond donors (Lipinski definition) is 0. The lowest BCUT2D eigenvalue weighted by molar-refractivity contribution is -0.672. The summed E-state index contributed by atoms with van der Waals surface area (Å²) < 4.78 is 226. The smallest absolute Gasteiger partial charge is 0.469 e. The van der Waals surface area contributed by atoms with Crippen molar-refractivity contribution in [3.63, 3.8) is 0 Å². The minimum absolute atomic E-state index is 0. The fourth-order valence-corrected chi connectivity index (χ4v) is 2.24. The number of rotatable bonds is 9. The number of imidazole rings is 1. The Hall–Kier alpha value is -1.25. The average molecular weight is 656 g/mol. The first-order chi connectivity index (χ1) is 14.2. The number of aromatic nitrogens is 2. The molecular weight excluding hydrogens is 646 g/mol. The predicted molar refractivity (Wildman–Crippen MR) is 70.8 cm³/mol. The maximum absolute atomic E-state index is 13.8. The van der Waals surface area contributed by atoms with E-state index in [1.165, 1.54) is 0 Å². The molecule has 34 heavy (non-hydrogen) atoms. The van der Waals surface area contributed by atoms with E-state index in [1.807, 2.05) is 0 Å². The molecule has 1 rings (SSSR count). The molecule has 0 saturated heterocycles. The highest BCUT2D eigenvalue weighted by molar-refractivity contribution is 5.13. The van der Waals surface area contributed by atoms with Crippen molar-refractivity contribution in [2.75, 3.05) is 0 Å². The Morgan fingerprint density at radius 3 is 1.32 bits per heavy atom. The summed E-state index contributed by atoms with van der Waals surface area (Å²) >= 11 is 0. The summed E-state index contributed by atoms with van der Waals surface area (Å²) in [5.41, 5.74) is 0. The van der Waals surface area contributed by atoms with Crippen LogP contribution in [-0.4, -0.2) is 46.3 Å². The Labute approximate surface area is 194 Å². The van der Waals surface area contributed by atoms with E-state index in [0.29, 0.717) is 10.8 Å². The molecule has 2 nitrogen and oxygen atoms in total. The molecule has 0 amide bonds. The molecule has 0 aliphatic carbocycles. The van der Waals surface area contributed by atoms with Crippen LogP contribution in [0.1, 0.15) is 12.8 Å². The van der Waals surface area contributed by atoms with Crippen LogP contribution in [0, 0.1) is 0 Å². The van der Waals surface area contributed by atoms with Crippen molar-refractivity contribution in [2.45, 2.75) is 60.6 Å². The summed E-state index contributed by atoms with van der Waals surface area (Å²) in [6.45, 7) is 0. The maximum Gasteiger partial charge on any atom is 0.469 e. The van der Waals surface area contributed by atoms with Gasteiger partial charge in [-0.25, -0.2) is 4.57 Å². The molecule has 0 N–H and O–H groups in total. The normalized spacial score (nSPS) is 15.4. The van der Waals surface area contributed by atoms with Crippen LogP contribution in [0.3, 0.4) is 0 Å². The molecule has 0 aliphatic heterocycles. The molecule has 202 valence electrons. The van der Waals surface area contributed by atoms with E-state index in [4.69, 9.17) is 0 Å². The Balaban J connectivity index is 0.0000109.